The van der Waals surface area contributed by atoms with Crippen molar-refractivity contribution < 1.29 is 9.53 Å². The summed E-state index contributed by atoms with van der Waals surface area (Å²) < 4.78 is 5.98. The molecule has 5 nitrogen and oxygen atoms in total. The fourth-order valence-electron chi connectivity index (χ4n) is 2.85. The van der Waals surface area contributed by atoms with E-state index in [4.69, 9.17) is 4.74 Å². The second kappa shape index (κ2) is 6.76. The molecular weight excluding hydrogens is 318 g/mol. The van der Waals surface area contributed by atoms with Gasteiger partial charge < -0.3 is 15.0 Å². The molecule has 1 aromatic heterocycles. The third kappa shape index (κ3) is 3.75. The number of hydrogen-bond acceptors (Lipinski definition) is 5. The van der Waals surface area contributed by atoms with Crippen molar-refractivity contribution in [3.8, 4) is 0 Å². The van der Waals surface area contributed by atoms with Crippen molar-refractivity contribution in [2.24, 2.45) is 0 Å². The van der Waals surface area contributed by atoms with Crippen LogP contribution in [0.5, 0.6) is 0 Å². The van der Waals surface area contributed by atoms with Gasteiger partial charge >= 0.3 is 6.03 Å². The molecule has 0 saturated carbocycles. The Morgan fingerprint density at radius 3 is 3.18 bits per heavy atom. The van der Waals surface area contributed by atoms with Gasteiger partial charge in [-0.25, -0.2) is 9.78 Å². The Balaban J connectivity index is 1.53. The Morgan fingerprint density at radius 1 is 1.64 bits per heavy atom. The van der Waals surface area contributed by atoms with Gasteiger partial charge in [0.1, 0.15) is 11.1 Å². The van der Waals surface area contributed by atoms with E-state index >= 15 is 0 Å². The summed E-state index contributed by atoms with van der Waals surface area (Å²) in [5, 5.41) is 6.10. The number of carbonyl (C=O) groups excluding carboxylic acids is 1. The predicted molar refractivity (Wildman–Crippen MR) is 90.6 cm³/mol. The summed E-state index contributed by atoms with van der Waals surface area (Å²) in [4.78, 5) is 18.7. The monoisotopic (exact) mass is 341 g/mol. The molecule has 0 bridgehead atoms. The Morgan fingerprint density at radius 2 is 2.50 bits per heavy atom. The van der Waals surface area contributed by atoms with Crippen LogP contribution in [0.25, 0.3) is 0 Å². The Labute approximate surface area is 139 Å². The van der Waals surface area contributed by atoms with E-state index in [9.17, 15) is 4.79 Å². The molecule has 2 saturated heterocycles. The first-order valence-electron chi connectivity index (χ1n) is 7.76. The van der Waals surface area contributed by atoms with Gasteiger partial charge in [-0.3, -0.25) is 0 Å². The first-order valence-corrected chi connectivity index (χ1v) is 9.63. The quantitative estimate of drug-likeness (QED) is 0.918. The summed E-state index contributed by atoms with van der Waals surface area (Å²) in [6.45, 7) is 6.77. The number of thiazole rings is 1. The molecule has 1 aromatic rings. The molecule has 2 amide bonds. The zero-order valence-electron chi connectivity index (χ0n) is 13.1. The lowest BCUT2D eigenvalue weighted by Crippen LogP contribution is -2.49. The lowest BCUT2D eigenvalue weighted by molar-refractivity contribution is -0.0156. The maximum absolute atomic E-state index is 12.4. The number of nitrogens with zero attached hydrogens (tertiary/aromatic N) is 2. The van der Waals surface area contributed by atoms with Crippen LogP contribution < -0.4 is 5.32 Å². The minimum absolute atomic E-state index is 0.0234. The van der Waals surface area contributed by atoms with Gasteiger partial charge in [0.2, 0.25) is 0 Å². The van der Waals surface area contributed by atoms with Gasteiger partial charge in [0, 0.05) is 28.9 Å². The summed E-state index contributed by atoms with van der Waals surface area (Å²) in [6.07, 6.45) is 2.34. The van der Waals surface area contributed by atoms with E-state index in [0.717, 1.165) is 17.2 Å². The largest absolute Gasteiger partial charge is 0.367 e. The average Bonchev–Trinajstić information content (AvgIpc) is 3.14. The van der Waals surface area contributed by atoms with Crippen molar-refractivity contribution in [3.05, 3.63) is 16.1 Å². The molecule has 0 aromatic carbocycles. The fraction of sp³-hybridized carbons (Fsp3) is 0.733. The molecule has 3 rings (SSSR count). The Hall–Kier alpha value is -0.790. The molecule has 3 heterocycles. The highest BCUT2D eigenvalue weighted by Crippen LogP contribution is 2.37. The van der Waals surface area contributed by atoms with Gasteiger partial charge in [0.25, 0.3) is 0 Å². The smallest absolute Gasteiger partial charge is 0.317 e. The van der Waals surface area contributed by atoms with Crippen molar-refractivity contribution >= 4 is 29.1 Å². The minimum Gasteiger partial charge on any atom is -0.367 e. The maximum atomic E-state index is 12.4. The van der Waals surface area contributed by atoms with E-state index in [2.05, 4.69) is 17.2 Å². The molecule has 2 fully saturated rings. The van der Waals surface area contributed by atoms with E-state index in [1.807, 2.05) is 29.0 Å². The number of rotatable bonds is 3. The zero-order chi connectivity index (χ0) is 15.6. The van der Waals surface area contributed by atoms with Crippen LogP contribution in [0, 0.1) is 6.92 Å². The van der Waals surface area contributed by atoms with Crippen LogP contribution in [0.4, 0.5) is 4.79 Å². The zero-order valence-corrected chi connectivity index (χ0v) is 14.8. The summed E-state index contributed by atoms with van der Waals surface area (Å²) in [6, 6.07) is 0.0234. The standard InChI is InChI=1S/C15H23N3O2S2/c1-11-9-21-13(17-11)12-8-18(5-6-20-12)14(19)16-10-15(2)4-3-7-22-15/h9,12H,3-8,10H2,1-2H3,(H,16,19)/t12-,15+/m1/s1. The van der Waals surface area contributed by atoms with Gasteiger partial charge in [0.05, 0.1) is 13.2 Å². The predicted octanol–water partition coefficient (Wildman–Crippen LogP) is 2.82. The molecule has 1 N–H and O–H groups in total. The third-order valence-corrected chi connectivity index (χ3v) is 6.77. The molecule has 0 unspecified atom stereocenters. The number of hydrogen-bond donors (Lipinski definition) is 1. The van der Waals surface area contributed by atoms with Crippen LogP contribution in [-0.2, 0) is 4.74 Å². The molecule has 2 aliphatic heterocycles. The number of carbonyl (C=O) groups is 1. The van der Waals surface area contributed by atoms with E-state index in [1.54, 1.807) is 11.3 Å². The highest BCUT2D eigenvalue weighted by Gasteiger charge is 2.32. The first kappa shape index (κ1) is 16.1. The number of aromatic nitrogens is 1. The number of morpholine rings is 1. The summed E-state index contributed by atoms with van der Waals surface area (Å²) in [5.74, 6) is 1.20. The highest BCUT2D eigenvalue weighted by molar-refractivity contribution is 8.00. The molecule has 7 heteroatoms. The lowest BCUT2D eigenvalue weighted by Gasteiger charge is -2.33. The highest BCUT2D eigenvalue weighted by atomic mass is 32.2. The van der Waals surface area contributed by atoms with Gasteiger partial charge in [0.15, 0.2) is 0 Å². The Bertz CT molecular complexity index is 529. The van der Waals surface area contributed by atoms with Crippen molar-refractivity contribution in [2.75, 3.05) is 32.0 Å². The van der Waals surface area contributed by atoms with Gasteiger partial charge in [-0.1, -0.05) is 0 Å². The van der Waals surface area contributed by atoms with Crippen LogP contribution in [0.3, 0.4) is 0 Å². The van der Waals surface area contributed by atoms with Crippen LogP contribution in [0.15, 0.2) is 5.38 Å². The summed E-state index contributed by atoms with van der Waals surface area (Å²) in [7, 11) is 0. The first-order chi connectivity index (χ1) is 10.6. The summed E-state index contributed by atoms with van der Waals surface area (Å²) >= 11 is 3.57. The number of aryl methyl sites for hydroxylation is 1. The van der Waals surface area contributed by atoms with Crippen LogP contribution in [0.1, 0.15) is 36.6 Å². The molecule has 22 heavy (non-hydrogen) atoms. The van der Waals surface area contributed by atoms with Crippen molar-refractivity contribution in [1.29, 1.82) is 0 Å². The molecular formula is C15H23N3O2S2. The van der Waals surface area contributed by atoms with E-state index in [-0.39, 0.29) is 16.9 Å². The Kier molecular flexibility index (Phi) is 4.94. The van der Waals surface area contributed by atoms with Crippen LogP contribution in [0.2, 0.25) is 0 Å². The number of ether oxygens (including phenoxy) is 1. The molecule has 122 valence electrons. The van der Waals surface area contributed by atoms with Crippen molar-refractivity contribution in [1.82, 2.24) is 15.2 Å². The third-order valence-electron chi connectivity index (χ3n) is 4.18. The number of amides is 2. The normalized spacial score (nSPS) is 28.8. The lowest BCUT2D eigenvalue weighted by atomic mass is 10.1. The molecule has 2 aliphatic rings. The number of thioether (sulfide) groups is 1. The maximum Gasteiger partial charge on any atom is 0.317 e. The van der Waals surface area contributed by atoms with Crippen molar-refractivity contribution in [3.63, 3.8) is 0 Å². The minimum atomic E-state index is -0.0883. The molecule has 0 aliphatic carbocycles. The van der Waals surface area contributed by atoms with E-state index in [1.165, 1.54) is 18.6 Å². The second-order valence-corrected chi connectivity index (χ2v) is 8.77. The van der Waals surface area contributed by atoms with Crippen LogP contribution in [-0.4, -0.2) is 52.7 Å². The second-order valence-electron chi connectivity index (χ2n) is 6.19. The molecule has 0 radical (unpaired) electrons. The fourth-order valence-corrected chi connectivity index (χ4v) is 4.93. The van der Waals surface area contributed by atoms with Crippen LogP contribution >= 0.6 is 23.1 Å². The topological polar surface area (TPSA) is 54.5 Å². The summed E-state index contributed by atoms with van der Waals surface area (Å²) in [5.41, 5.74) is 1.01. The van der Waals surface area contributed by atoms with E-state index in [0.29, 0.717) is 19.7 Å². The molecule has 2 atom stereocenters. The SMILES string of the molecule is Cc1csc([C@H]2CN(C(=O)NC[C@]3(C)CCCS3)CCO2)n1. The van der Waals surface area contributed by atoms with Gasteiger partial charge in [-0.05, 0) is 32.4 Å². The molecule has 0 spiro atoms. The van der Waals surface area contributed by atoms with Gasteiger partial charge in [-0.2, -0.15) is 11.8 Å². The van der Waals surface area contributed by atoms with E-state index < -0.39 is 0 Å². The number of urea groups is 1. The number of nitrogens with one attached hydrogen (secondary N) is 1. The van der Waals surface area contributed by atoms with Gasteiger partial charge in [-0.15, -0.1) is 11.3 Å². The van der Waals surface area contributed by atoms with Crippen molar-refractivity contribution in [2.45, 2.75) is 37.5 Å². The average molecular weight is 342 g/mol.